The molecule has 2 aromatic rings. The zero-order valence-corrected chi connectivity index (χ0v) is 13.8. The van der Waals surface area contributed by atoms with Crippen LogP contribution < -0.4 is 20.5 Å². The van der Waals surface area contributed by atoms with Crippen LogP contribution in [0.4, 0.5) is 5.69 Å². The lowest BCUT2D eigenvalue weighted by molar-refractivity contribution is 0.145. The van der Waals surface area contributed by atoms with Gasteiger partial charge in [-0.2, -0.15) is 9.78 Å². The van der Waals surface area contributed by atoms with Gasteiger partial charge in [0.05, 0.1) is 18.5 Å². The summed E-state index contributed by atoms with van der Waals surface area (Å²) in [5.74, 6) is 0.327. The van der Waals surface area contributed by atoms with E-state index in [2.05, 4.69) is 15.3 Å². The Hall–Kier alpha value is -2.38. The van der Waals surface area contributed by atoms with Crippen LogP contribution in [0.1, 0.15) is 0 Å². The molecule has 0 unspecified atom stereocenters. The molecule has 3 rings (SSSR count). The van der Waals surface area contributed by atoms with Crippen LogP contribution in [-0.4, -0.2) is 56.3 Å². The van der Waals surface area contributed by atoms with Crippen LogP contribution in [0.2, 0.25) is 0 Å². The number of hydrogen-bond acceptors (Lipinski definition) is 6. The molecule has 0 aliphatic carbocycles. The van der Waals surface area contributed by atoms with Gasteiger partial charge in [0.2, 0.25) is 5.75 Å². The first-order chi connectivity index (χ1) is 11.8. The van der Waals surface area contributed by atoms with Gasteiger partial charge in [-0.05, 0) is 12.1 Å². The van der Waals surface area contributed by atoms with E-state index in [1.165, 1.54) is 4.68 Å². The number of piperazine rings is 1. The zero-order chi connectivity index (χ0) is 16.8. The van der Waals surface area contributed by atoms with Gasteiger partial charge in [0.25, 0.3) is 0 Å². The molecular weight excluding hydrogens is 308 g/mol. The summed E-state index contributed by atoms with van der Waals surface area (Å²) in [6.45, 7) is 4.13. The molecular formula is C17H22N4O3. The molecule has 0 radical (unpaired) electrons. The number of benzene rings is 1. The van der Waals surface area contributed by atoms with Gasteiger partial charge < -0.3 is 19.7 Å². The summed E-state index contributed by atoms with van der Waals surface area (Å²) >= 11 is 0. The molecule has 7 heteroatoms. The molecule has 1 aliphatic rings. The number of methoxy groups -OCH3 is 1. The summed E-state index contributed by atoms with van der Waals surface area (Å²) in [6, 6.07) is 9.34. The second-order valence-corrected chi connectivity index (χ2v) is 5.49. The standard InChI is InChI=1S/C17H22N4O3/c1-23-11-12-24-16-15(20-9-7-18-8-10-20)13-19-21(17(16)22)14-5-3-2-4-6-14/h2-6,13,18H,7-12H2,1H3. The molecule has 1 saturated heterocycles. The predicted molar refractivity (Wildman–Crippen MR) is 92.3 cm³/mol. The monoisotopic (exact) mass is 330 g/mol. The van der Waals surface area contributed by atoms with Crippen LogP contribution in [0.5, 0.6) is 5.75 Å². The predicted octanol–water partition coefficient (Wildman–Crippen LogP) is 0.667. The maximum atomic E-state index is 12.9. The van der Waals surface area contributed by atoms with E-state index in [0.29, 0.717) is 24.7 Å². The lowest BCUT2D eigenvalue weighted by atomic mass is 10.3. The number of nitrogens with one attached hydrogen (secondary N) is 1. The summed E-state index contributed by atoms with van der Waals surface area (Å²) in [6.07, 6.45) is 1.71. The fourth-order valence-corrected chi connectivity index (χ4v) is 2.68. The molecule has 2 heterocycles. The summed E-state index contributed by atoms with van der Waals surface area (Å²) in [5.41, 5.74) is 1.20. The smallest absolute Gasteiger partial charge is 0.316 e. The summed E-state index contributed by atoms with van der Waals surface area (Å²) in [7, 11) is 1.61. The largest absolute Gasteiger partial charge is 0.484 e. The van der Waals surface area contributed by atoms with Crippen LogP contribution in [0, 0.1) is 0 Å². The number of nitrogens with zero attached hydrogens (tertiary/aromatic N) is 3. The van der Waals surface area contributed by atoms with Crippen molar-refractivity contribution in [2.24, 2.45) is 0 Å². The Morgan fingerprint density at radius 1 is 1.17 bits per heavy atom. The van der Waals surface area contributed by atoms with Crippen LogP contribution in [-0.2, 0) is 4.74 Å². The first kappa shape index (κ1) is 16.5. The van der Waals surface area contributed by atoms with Crippen LogP contribution >= 0.6 is 0 Å². The van der Waals surface area contributed by atoms with E-state index in [1.807, 2.05) is 30.3 Å². The number of rotatable bonds is 6. The number of ether oxygens (including phenoxy) is 2. The van der Waals surface area contributed by atoms with E-state index in [9.17, 15) is 4.79 Å². The Bertz CT molecular complexity index is 712. The Balaban J connectivity index is 1.99. The average molecular weight is 330 g/mol. The minimum absolute atomic E-state index is 0.256. The van der Waals surface area contributed by atoms with Crippen molar-refractivity contribution >= 4 is 5.69 Å². The highest BCUT2D eigenvalue weighted by Crippen LogP contribution is 2.24. The van der Waals surface area contributed by atoms with Gasteiger partial charge in [0, 0.05) is 33.3 Å². The third kappa shape index (κ3) is 3.58. The second-order valence-electron chi connectivity index (χ2n) is 5.49. The minimum atomic E-state index is -0.256. The van der Waals surface area contributed by atoms with Crippen LogP contribution in [0.15, 0.2) is 41.3 Å². The van der Waals surface area contributed by atoms with E-state index < -0.39 is 0 Å². The van der Waals surface area contributed by atoms with Gasteiger partial charge in [0.15, 0.2) is 0 Å². The lowest BCUT2D eigenvalue weighted by Gasteiger charge is -2.30. The average Bonchev–Trinajstić information content (AvgIpc) is 2.64. The fraction of sp³-hybridized carbons (Fsp3) is 0.412. The summed E-state index contributed by atoms with van der Waals surface area (Å²) in [5, 5.41) is 7.65. The van der Waals surface area contributed by atoms with Crippen LogP contribution in [0.25, 0.3) is 5.69 Å². The SMILES string of the molecule is COCCOc1c(N2CCNCC2)cnn(-c2ccccc2)c1=O. The molecule has 0 atom stereocenters. The van der Waals surface area contributed by atoms with E-state index in [1.54, 1.807) is 13.3 Å². The molecule has 24 heavy (non-hydrogen) atoms. The van der Waals surface area contributed by atoms with Crippen molar-refractivity contribution in [3.63, 3.8) is 0 Å². The van der Waals surface area contributed by atoms with Crippen molar-refractivity contribution in [3.05, 3.63) is 46.9 Å². The highest BCUT2D eigenvalue weighted by Gasteiger charge is 2.20. The Morgan fingerprint density at radius 2 is 1.92 bits per heavy atom. The van der Waals surface area contributed by atoms with Gasteiger partial charge in [0.1, 0.15) is 12.3 Å². The summed E-state index contributed by atoms with van der Waals surface area (Å²) in [4.78, 5) is 15.0. The Morgan fingerprint density at radius 3 is 2.62 bits per heavy atom. The minimum Gasteiger partial charge on any atom is -0.484 e. The summed E-state index contributed by atoms with van der Waals surface area (Å²) < 4.78 is 12.2. The molecule has 1 fully saturated rings. The highest BCUT2D eigenvalue weighted by atomic mass is 16.5. The van der Waals surface area contributed by atoms with Crippen molar-refractivity contribution in [2.75, 3.05) is 51.4 Å². The van der Waals surface area contributed by atoms with E-state index >= 15 is 0 Å². The second kappa shape index (κ2) is 7.94. The first-order valence-electron chi connectivity index (χ1n) is 8.06. The van der Waals surface area contributed by atoms with Crippen molar-refractivity contribution in [1.82, 2.24) is 15.1 Å². The molecule has 0 bridgehead atoms. The maximum absolute atomic E-state index is 12.9. The fourth-order valence-electron chi connectivity index (χ4n) is 2.68. The van der Waals surface area contributed by atoms with Crippen molar-refractivity contribution < 1.29 is 9.47 Å². The topological polar surface area (TPSA) is 68.6 Å². The van der Waals surface area contributed by atoms with Gasteiger partial charge in [-0.3, -0.25) is 4.79 Å². The number of aromatic nitrogens is 2. The third-order valence-electron chi connectivity index (χ3n) is 3.91. The van der Waals surface area contributed by atoms with Crippen molar-refractivity contribution in [3.8, 4) is 11.4 Å². The van der Waals surface area contributed by atoms with E-state index in [4.69, 9.17) is 9.47 Å². The molecule has 0 amide bonds. The molecule has 1 aromatic heterocycles. The molecule has 0 spiro atoms. The zero-order valence-electron chi connectivity index (χ0n) is 13.8. The van der Waals surface area contributed by atoms with Crippen molar-refractivity contribution in [1.29, 1.82) is 0 Å². The molecule has 128 valence electrons. The molecule has 1 N–H and O–H groups in total. The van der Waals surface area contributed by atoms with E-state index in [-0.39, 0.29) is 5.56 Å². The van der Waals surface area contributed by atoms with Gasteiger partial charge in [-0.15, -0.1) is 0 Å². The molecule has 0 saturated carbocycles. The third-order valence-corrected chi connectivity index (χ3v) is 3.91. The first-order valence-corrected chi connectivity index (χ1v) is 8.06. The Labute approximate surface area is 140 Å². The van der Waals surface area contributed by atoms with E-state index in [0.717, 1.165) is 31.9 Å². The van der Waals surface area contributed by atoms with Crippen molar-refractivity contribution in [2.45, 2.75) is 0 Å². The molecule has 7 nitrogen and oxygen atoms in total. The number of anilines is 1. The van der Waals surface area contributed by atoms with Gasteiger partial charge in [-0.25, -0.2) is 0 Å². The normalized spacial score (nSPS) is 14.6. The maximum Gasteiger partial charge on any atom is 0.316 e. The molecule has 1 aliphatic heterocycles. The lowest BCUT2D eigenvalue weighted by Crippen LogP contribution is -2.44. The van der Waals surface area contributed by atoms with Gasteiger partial charge in [-0.1, -0.05) is 18.2 Å². The number of hydrogen-bond donors (Lipinski definition) is 1. The van der Waals surface area contributed by atoms with Crippen LogP contribution in [0.3, 0.4) is 0 Å². The van der Waals surface area contributed by atoms with Gasteiger partial charge >= 0.3 is 5.56 Å². The quantitative estimate of drug-likeness (QED) is 0.785. The highest BCUT2D eigenvalue weighted by molar-refractivity contribution is 5.57. The molecule has 1 aromatic carbocycles. The Kier molecular flexibility index (Phi) is 5.45. The number of para-hydroxylation sites is 1.